The average molecular weight is 333 g/mol. The maximum atomic E-state index is 12.2. The molecule has 0 aromatic heterocycles. The molecular weight excluding hydrogens is 310 g/mol. The van der Waals surface area contributed by atoms with Gasteiger partial charge in [0.1, 0.15) is 0 Å². The van der Waals surface area contributed by atoms with Crippen LogP contribution in [0.2, 0.25) is 0 Å². The van der Waals surface area contributed by atoms with E-state index in [-0.39, 0.29) is 22.8 Å². The summed E-state index contributed by atoms with van der Waals surface area (Å²) in [6, 6.07) is 5.96. The predicted molar refractivity (Wildman–Crippen MR) is 87.0 cm³/mol. The van der Waals surface area contributed by atoms with Crippen LogP contribution in [-0.2, 0) is 4.74 Å². The Hall–Kier alpha value is -1.92. The van der Waals surface area contributed by atoms with Crippen molar-refractivity contribution in [1.29, 1.82) is 0 Å². The van der Waals surface area contributed by atoms with Crippen molar-refractivity contribution in [3.05, 3.63) is 35.4 Å². The van der Waals surface area contributed by atoms with Crippen LogP contribution in [0.1, 0.15) is 46.4 Å². The molecule has 2 fully saturated rings. The number of hydrogen-bond donors (Lipinski definition) is 3. The van der Waals surface area contributed by atoms with E-state index >= 15 is 0 Å². The van der Waals surface area contributed by atoms with Gasteiger partial charge < -0.3 is 20.3 Å². The highest BCUT2D eigenvalue weighted by molar-refractivity contribution is 5.97. The first-order valence-electron chi connectivity index (χ1n) is 8.39. The molecule has 2 atom stereocenters. The third-order valence-electron chi connectivity index (χ3n) is 5.47. The lowest BCUT2D eigenvalue weighted by atomic mass is 9.76. The third-order valence-corrected chi connectivity index (χ3v) is 5.47. The lowest BCUT2D eigenvalue weighted by molar-refractivity contribution is -0.0555. The Morgan fingerprint density at radius 2 is 1.92 bits per heavy atom. The molecule has 1 saturated carbocycles. The van der Waals surface area contributed by atoms with E-state index in [4.69, 9.17) is 9.84 Å². The predicted octanol–water partition coefficient (Wildman–Crippen LogP) is 1.68. The first-order chi connectivity index (χ1) is 11.5. The molecule has 2 aliphatic rings. The Balaban J connectivity index is 1.59. The molecule has 1 saturated heterocycles. The smallest absolute Gasteiger partial charge is 0.335 e. The molecule has 1 aliphatic heterocycles. The molecule has 1 amide bonds. The van der Waals surface area contributed by atoms with Crippen LogP contribution in [0.25, 0.3) is 0 Å². The standard InChI is InChI=1S/C18H23NO5/c20-15-14(4-5-18(15)6-8-24-9-7-18)11-19-16(21)12-2-1-3-13(10-12)17(22)23/h1-3,10,14-15,20H,4-9,11H2,(H,19,21)(H,22,23). The van der Waals surface area contributed by atoms with E-state index in [0.29, 0.717) is 25.3 Å². The number of amides is 1. The molecule has 1 aromatic carbocycles. The van der Waals surface area contributed by atoms with Gasteiger partial charge in [-0.2, -0.15) is 0 Å². The van der Waals surface area contributed by atoms with Gasteiger partial charge >= 0.3 is 5.97 Å². The zero-order chi connectivity index (χ0) is 17.2. The van der Waals surface area contributed by atoms with E-state index < -0.39 is 12.1 Å². The minimum atomic E-state index is -1.06. The minimum Gasteiger partial charge on any atom is -0.478 e. The van der Waals surface area contributed by atoms with Crippen molar-refractivity contribution in [3.63, 3.8) is 0 Å². The van der Waals surface area contributed by atoms with E-state index in [9.17, 15) is 14.7 Å². The summed E-state index contributed by atoms with van der Waals surface area (Å²) in [7, 11) is 0. The molecule has 24 heavy (non-hydrogen) atoms. The van der Waals surface area contributed by atoms with Gasteiger partial charge in [-0.1, -0.05) is 6.07 Å². The van der Waals surface area contributed by atoms with Crippen LogP contribution in [0.3, 0.4) is 0 Å². The number of aromatic carboxylic acids is 1. The summed E-state index contributed by atoms with van der Waals surface area (Å²) >= 11 is 0. The molecule has 3 rings (SSSR count). The molecule has 2 unspecified atom stereocenters. The largest absolute Gasteiger partial charge is 0.478 e. The second-order valence-corrected chi connectivity index (χ2v) is 6.81. The summed E-state index contributed by atoms with van der Waals surface area (Å²) in [6.45, 7) is 1.79. The number of carbonyl (C=O) groups excluding carboxylic acids is 1. The monoisotopic (exact) mass is 333 g/mol. The Morgan fingerprint density at radius 3 is 2.62 bits per heavy atom. The highest BCUT2D eigenvalue weighted by Gasteiger charge is 2.48. The van der Waals surface area contributed by atoms with Gasteiger partial charge in [-0.25, -0.2) is 4.79 Å². The van der Waals surface area contributed by atoms with Crippen molar-refractivity contribution in [2.75, 3.05) is 19.8 Å². The zero-order valence-corrected chi connectivity index (χ0v) is 13.5. The van der Waals surface area contributed by atoms with E-state index in [0.717, 1.165) is 25.7 Å². The molecule has 0 radical (unpaired) electrons. The summed E-state index contributed by atoms with van der Waals surface area (Å²) in [6.07, 6.45) is 3.17. The number of carbonyl (C=O) groups is 2. The number of rotatable bonds is 4. The number of carboxylic acids is 1. The van der Waals surface area contributed by atoms with Crippen LogP contribution in [0.15, 0.2) is 24.3 Å². The average Bonchev–Trinajstić information content (AvgIpc) is 2.89. The number of carboxylic acid groups (broad SMARTS) is 1. The van der Waals surface area contributed by atoms with Gasteiger partial charge in [-0.05, 0) is 43.9 Å². The van der Waals surface area contributed by atoms with Crippen molar-refractivity contribution in [3.8, 4) is 0 Å². The molecule has 6 heteroatoms. The number of hydrogen-bond acceptors (Lipinski definition) is 4. The quantitative estimate of drug-likeness (QED) is 0.779. The van der Waals surface area contributed by atoms with Crippen molar-refractivity contribution in [1.82, 2.24) is 5.32 Å². The molecule has 1 aromatic rings. The fraction of sp³-hybridized carbons (Fsp3) is 0.556. The number of aliphatic hydroxyl groups excluding tert-OH is 1. The molecule has 0 bridgehead atoms. The summed E-state index contributed by atoms with van der Waals surface area (Å²) in [5, 5.41) is 22.5. The molecule has 130 valence electrons. The Labute approximate surface area is 140 Å². The van der Waals surface area contributed by atoms with Crippen LogP contribution in [0, 0.1) is 11.3 Å². The second-order valence-electron chi connectivity index (χ2n) is 6.81. The number of aliphatic hydroxyl groups is 1. The van der Waals surface area contributed by atoms with Gasteiger partial charge in [-0.3, -0.25) is 4.79 Å². The zero-order valence-electron chi connectivity index (χ0n) is 13.5. The molecule has 1 aliphatic carbocycles. The van der Waals surface area contributed by atoms with E-state index in [1.54, 1.807) is 12.1 Å². The van der Waals surface area contributed by atoms with Crippen molar-refractivity contribution in [2.45, 2.75) is 31.8 Å². The molecule has 1 spiro atoms. The molecule has 6 nitrogen and oxygen atoms in total. The lowest BCUT2D eigenvalue weighted by Gasteiger charge is -2.37. The fourth-order valence-corrected chi connectivity index (χ4v) is 3.94. The van der Waals surface area contributed by atoms with Crippen LogP contribution in [-0.4, -0.2) is 48.0 Å². The van der Waals surface area contributed by atoms with Gasteiger partial charge in [-0.15, -0.1) is 0 Å². The summed E-state index contributed by atoms with van der Waals surface area (Å²) in [4.78, 5) is 23.2. The lowest BCUT2D eigenvalue weighted by Crippen LogP contribution is -2.41. The van der Waals surface area contributed by atoms with Crippen LogP contribution in [0.4, 0.5) is 0 Å². The Bertz CT molecular complexity index is 624. The SMILES string of the molecule is O=C(O)c1cccc(C(=O)NCC2CCC3(CCOCC3)C2O)c1. The Morgan fingerprint density at radius 1 is 1.21 bits per heavy atom. The minimum absolute atomic E-state index is 0.0368. The first kappa shape index (κ1) is 16.9. The molecule has 1 heterocycles. The highest BCUT2D eigenvalue weighted by atomic mass is 16.5. The third kappa shape index (κ3) is 3.30. The summed E-state index contributed by atoms with van der Waals surface area (Å²) in [5.41, 5.74) is 0.351. The number of ether oxygens (including phenoxy) is 1. The molecule has 3 N–H and O–H groups in total. The van der Waals surface area contributed by atoms with Crippen molar-refractivity contribution < 1.29 is 24.5 Å². The van der Waals surface area contributed by atoms with Crippen molar-refractivity contribution in [2.24, 2.45) is 11.3 Å². The van der Waals surface area contributed by atoms with Gasteiger partial charge in [0.2, 0.25) is 0 Å². The normalized spacial score (nSPS) is 25.5. The topological polar surface area (TPSA) is 95.9 Å². The summed E-state index contributed by atoms with van der Waals surface area (Å²) in [5.74, 6) is -1.33. The van der Waals surface area contributed by atoms with Gasteiger partial charge in [0.15, 0.2) is 0 Å². The maximum Gasteiger partial charge on any atom is 0.335 e. The maximum absolute atomic E-state index is 12.2. The second kappa shape index (κ2) is 6.91. The van der Waals surface area contributed by atoms with E-state index in [1.807, 2.05) is 0 Å². The molecular formula is C18H23NO5. The summed E-state index contributed by atoms with van der Waals surface area (Å²) < 4.78 is 5.40. The van der Waals surface area contributed by atoms with Gasteiger partial charge in [0.05, 0.1) is 11.7 Å². The van der Waals surface area contributed by atoms with Crippen LogP contribution < -0.4 is 5.32 Å². The van der Waals surface area contributed by atoms with E-state index in [1.165, 1.54) is 12.1 Å². The fourth-order valence-electron chi connectivity index (χ4n) is 3.94. The number of benzene rings is 1. The first-order valence-corrected chi connectivity index (χ1v) is 8.39. The highest BCUT2D eigenvalue weighted by Crippen LogP contribution is 2.48. The van der Waals surface area contributed by atoms with E-state index in [2.05, 4.69) is 5.32 Å². The van der Waals surface area contributed by atoms with Crippen LogP contribution in [0.5, 0.6) is 0 Å². The number of nitrogens with one attached hydrogen (secondary N) is 1. The van der Waals surface area contributed by atoms with Gasteiger partial charge in [0.25, 0.3) is 5.91 Å². The Kier molecular flexibility index (Phi) is 4.87. The van der Waals surface area contributed by atoms with Crippen molar-refractivity contribution >= 4 is 11.9 Å². The van der Waals surface area contributed by atoms with Gasteiger partial charge in [0, 0.05) is 36.7 Å². The van der Waals surface area contributed by atoms with Crippen LogP contribution >= 0.6 is 0 Å².